The molecule has 3 aromatic carbocycles. The molecule has 1 fully saturated rings. The van der Waals surface area contributed by atoms with E-state index in [0.717, 1.165) is 41.7 Å². The molecular formula is C24H22FN3OS. The first-order valence-electron chi connectivity index (χ1n) is 10.2. The number of benzene rings is 3. The number of hydrogen-bond acceptors (Lipinski definition) is 4. The van der Waals surface area contributed by atoms with Gasteiger partial charge in [-0.25, -0.2) is 4.39 Å². The molecule has 0 saturated carbocycles. The summed E-state index contributed by atoms with van der Waals surface area (Å²) < 4.78 is 21.4. The number of fused-ring (bicyclic) bond motifs is 1. The van der Waals surface area contributed by atoms with Gasteiger partial charge in [-0.3, -0.25) is 4.57 Å². The van der Waals surface area contributed by atoms with E-state index >= 15 is 0 Å². The molecule has 1 aromatic heterocycles. The standard InChI is InChI=1S/C24H22FN3OS/c25-20-12-10-18(11-13-20)23-26-27-24(28(23)15-21-8-4-14-29-21)30-16-19-7-3-6-17-5-1-2-9-22(17)19/h1-3,5-7,9-13,21H,4,8,14-16H2/t21-/m1/s1. The first kappa shape index (κ1) is 19.3. The highest BCUT2D eigenvalue weighted by molar-refractivity contribution is 7.98. The van der Waals surface area contributed by atoms with E-state index in [1.807, 2.05) is 0 Å². The monoisotopic (exact) mass is 419 g/mol. The largest absolute Gasteiger partial charge is 0.376 e. The summed E-state index contributed by atoms with van der Waals surface area (Å²) in [7, 11) is 0. The van der Waals surface area contributed by atoms with Crippen molar-refractivity contribution >= 4 is 22.5 Å². The second-order valence-electron chi connectivity index (χ2n) is 7.49. The zero-order chi connectivity index (χ0) is 20.3. The van der Waals surface area contributed by atoms with Crippen LogP contribution in [0.4, 0.5) is 4.39 Å². The van der Waals surface area contributed by atoms with Crippen LogP contribution in [0.2, 0.25) is 0 Å². The van der Waals surface area contributed by atoms with Crippen molar-refractivity contribution in [1.29, 1.82) is 0 Å². The molecule has 0 spiro atoms. The summed E-state index contributed by atoms with van der Waals surface area (Å²) in [5.41, 5.74) is 2.13. The fraction of sp³-hybridized carbons (Fsp3) is 0.250. The zero-order valence-electron chi connectivity index (χ0n) is 16.5. The Bertz CT molecular complexity index is 1150. The summed E-state index contributed by atoms with van der Waals surface area (Å²) in [5.74, 6) is 1.30. The van der Waals surface area contributed by atoms with Crippen LogP contribution in [-0.2, 0) is 17.0 Å². The number of aromatic nitrogens is 3. The quantitative estimate of drug-likeness (QED) is 0.375. The lowest BCUT2D eigenvalue weighted by Gasteiger charge is -2.15. The SMILES string of the molecule is Fc1ccc(-c2nnc(SCc3cccc4ccccc34)n2C[C@H]2CCCO2)cc1. The van der Waals surface area contributed by atoms with Crippen LogP contribution >= 0.6 is 11.8 Å². The van der Waals surface area contributed by atoms with Crippen molar-refractivity contribution in [3.8, 4) is 11.4 Å². The van der Waals surface area contributed by atoms with Crippen molar-refractivity contribution in [3.05, 3.63) is 78.1 Å². The maximum absolute atomic E-state index is 13.4. The van der Waals surface area contributed by atoms with Crippen LogP contribution in [0, 0.1) is 5.82 Å². The number of halogens is 1. The van der Waals surface area contributed by atoms with E-state index in [1.54, 1.807) is 23.9 Å². The van der Waals surface area contributed by atoms with E-state index in [-0.39, 0.29) is 11.9 Å². The molecule has 4 aromatic rings. The van der Waals surface area contributed by atoms with Crippen LogP contribution in [0.1, 0.15) is 18.4 Å². The summed E-state index contributed by atoms with van der Waals surface area (Å²) in [6.07, 6.45) is 2.28. The lowest BCUT2D eigenvalue weighted by molar-refractivity contribution is 0.0953. The van der Waals surface area contributed by atoms with Crippen LogP contribution < -0.4 is 0 Å². The average Bonchev–Trinajstić information content (AvgIpc) is 3.43. The maximum atomic E-state index is 13.4. The van der Waals surface area contributed by atoms with Gasteiger partial charge in [0.25, 0.3) is 0 Å². The molecule has 0 radical (unpaired) electrons. The Morgan fingerprint density at radius 2 is 1.83 bits per heavy atom. The molecule has 0 unspecified atom stereocenters. The van der Waals surface area contributed by atoms with Crippen molar-refractivity contribution in [2.45, 2.75) is 36.4 Å². The summed E-state index contributed by atoms with van der Waals surface area (Å²) in [6, 6.07) is 21.3. The molecule has 1 aliphatic rings. The zero-order valence-corrected chi connectivity index (χ0v) is 17.3. The van der Waals surface area contributed by atoms with E-state index in [1.165, 1.54) is 28.5 Å². The number of rotatable bonds is 6. The van der Waals surface area contributed by atoms with Gasteiger partial charge in [-0.05, 0) is 53.4 Å². The number of thioether (sulfide) groups is 1. The van der Waals surface area contributed by atoms with E-state index < -0.39 is 0 Å². The Labute approximate surface area is 179 Å². The van der Waals surface area contributed by atoms with Gasteiger partial charge >= 0.3 is 0 Å². The first-order valence-corrected chi connectivity index (χ1v) is 11.2. The van der Waals surface area contributed by atoms with Crippen molar-refractivity contribution in [1.82, 2.24) is 14.8 Å². The van der Waals surface area contributed by atoms with Gasteiger partial charge in [-0.2, -0.15) is 0 Å². The van der Waals surface area contributed by atoms with Crippen molar-refractivity contribution in [3.63, 3.8) is 0 Å². The minimum absolute atomic E-state index is 0.164. The van der Waals surface area contributed by atoms with Crippen molar-refractivity contribution < 1.29 is 9.13 Å². The Morgan fingerprint density at radius 1 is 1.00 bits per heavy atom. The van der Waals surface area contributed by atoms with Gasteiger partial charge in [0.15, 0.2) is 11.0 Å². The third kappa shape index (κ3) is 3.98. The molecule has 152 valence electrons. The molecule has 4 nitrogen and oxygen atoms in total. The summed E-state index contributed by atoms with van der Waals surface area (Å²) in [4.78, 5) is 0. The van der Waals surface area contributed by atoms with Crippen LogP contribution in [0.5, 0.6) is 0 Å². The van der Waals surface area contributed by atoms with E-state index in [4.69, 9.17) is 4.74 Å². The summed E-state index contributed by atoms with van der Waals surface area (Å²) >= 11 is 1.68. The predicted molar refractivity (Wildman–Crippen MR) is 118 cm³/mol. The average molecular weight is 420 g/mol. The van der Waals surface area contributed by atoms with Gasteiger partial charge in [-0.1, -0.05) is 54.2 Å². The van der Waals surface area contributed by atoms with Gasteiger partial charge in [0.2, 0.25) is 0 Å². The van der Waals surface area contributed by atoms with Gasteiger partial charge in [-0.15, -0.1) is 10.2 Å². The topological polar surface area (TPSA) is 39.9 Å². The van der Waals surface area contributed by atoms with Gasteiger partial charge < -0.3 is 4.74 Å². The Hall–Kier alpha value is -2.70. The highest BCUT2D eigenvalue weighted by Gasteiger charge is 2.22. The fourth-order valence-corrected chi connectivity index (χ4v) is 4.88. The van der Waals surface area contributed by atoms with Gasteiger partial charge in [0, 0.05) is 17.9 Å². The van der Waals surface area contributed by atoms with Crippen LogP contribution in [0.3, 0.4) is 0 Å². The van der Waals surface area contributed by atoms with Crippen molar-refractivity contribution in [2.75, 3.05) is 6.61 Å². The van der Waals surface area contributed by atoms with E-state index in [2.05, 4.69) is 57.2 Å². The highest BCUT2D eigenvalue weighted by Crippen LogP contribution is 2.30. The highest BCUT2D eigenvalue weighted by atomic mass is 32.2. The summed E-state index contributed by atoms with van der Waals surface area (Å²) in [6.45, 7) is 1.51. The lowest BCUT2D eigenvalue weighted by Crippen LogP contribution is -2.16. The molecule has 1 saturated heterocycles. The molecule has 0 N–H and O–H groups in total. The molecule has 1 atom stereocenters. The fourth-order valence-electron chi connectivity index (χ4n) is 3.93. The molecule has 30 heavy (non-hydrogen) atoms. The molecular weight excluding hydrogens is 397 g/mol. The Kier molecular flexibility index (Phi) is 5.51. The van der Waals surface area contributed by atoms with Gasteiger partial charge in [0.1, 0.15) is 5.82 Å². The van der Waals surface area contributed by atoms with Crippen LogP contribution in [0.15, 0.2) is 71.9 Å². The normalized spacial score (nSPS) is 16.4. The number of hydrogen-bond donors (Lipinski definition) is 0. The third-order valence-electron chi connectivity index (χ3n) is 5.47. The summed E-state index contributed by atoms with van der Waals surface area (Å²) in [5, 5.41) is 12.3. The second kappa shape index (κ2) is 8.58. The minimum atomic E-state index is -0.255. The van der Waals surface area contributed by atoms with E-state index in [0.29, 0.717) is 6.54 Å². The second-order valence-corrected chi connectivity index (χ2v) is 8.43. The smallest absolute Gasteiger partial charge is 0.191 e. The molecule has 2 heterocycles. The number of ether oxygens (including phenoxy) is 1. The molecule has 0 bridgehead atoms. The Balaban J connectivity index is 1.45. The van der Waals surface area contributed by atoms with Gasteiger partial charge in [0.05, 0.1) is 12.6 Å². The molecule has 0 amide bonds. The van der Waals surface area contributed by atoms with E-state index in [9.17, 15) is 4.39 Å². The van der Waals surface area contributed by atoms with Crippen LogP contribution in [0.25, 0.3) is 22.2 Å². The predicted octanol–water partition coefficient (Wildman–Crippen LogP) is 5.71. The first-order chi connectivity index (χ1) is 14.8. The third-order valence-corrected chi connectivity index (χ3v) is 6.48. The van der Waals surface area contributed by atoms with Crippen molar-refractivity contribution in [2.24, 2.45) is 0 Å². The number of nitrogens with zero attached hydrogens (tertiary/aromatic N) is 3. The molecule has 0 aliphatic carbocycles. The molecule has 1 aliphatic heterocycles. The molecule has 6 heteroatoms. The Morgan fingerprint density at radius 3 is 2.67 bits per heavy atom. The maximum Gasteiger partial charge on any atom is 0.191 e. The van der Waals surface area contributed by atoms with Crippen LogP contribution in [-0.4, -0.2) is 27.5 Å². The minimum Gasteiger partial charge on any atom is -0.376 e. The molecule has 5 rings (SSSR count). The lowest BCUT2D eigenvalue weighted by atomic mass is 10.1.